The lowest BCUT2D eigenvalue weighted by Crippen LogP contribution is -2.16. The predicted octanol–water partition coefficient (Wildman–Crippen LogP) is 3.44. The number of ether oxygens (including phenoxy) is 1. The first-order valence-electron chi connectivity index (χ1n) is 8.24. The molecule has 0 saturated carbocycles. The molecule has 1 amide bonds. The Bertz CT molecular complexity index is 652. The average molecular weight is 327 g/mol. The molecule has 0 fully saturated rings. The summed E-state index contributed by atoms with van der Waals surface area (Å²) in [5.74, 6) is 1.09. The van der Waals surface area contributed by atoms with Crippen molar-refractivity contribution < 1.29 is 14.6 Å². The third-order valence-electron chi connectivity index (χ3n) is 3.93. The third kappa shape index (κ3) is 5.39. The summed E-state index contributed by atoms with van der Waals surface area (Å²) in [6, 6.07) is 15.5. The zero-order chi connectivity index (χ0) is 17.4. The summed E-state index contributed by atoms with van der Waals surface area (Å²) >= 11 is 0. The maximum absolute atomic E-state index is 12.2. The van der Waals surface area contributed by atoms with Crippen molar-refractivity contribution in [2.45, 2.75) is 26.2 Å². The molecule has 2 rings (SSSR count). The van der Waals surface area contributed by atoms with E-state index in [0.717, 1.165) is 29.0 Å². The van der Waals surface area contributed by atoms with E-state index in [0.29, 0.717) is 12.8 Å². The van der Waals surface area contributed by atoms with Gasteiger partial charge in [0, 0.05) is 18.7 Å². The molecule has 4 heteroatoms. The van der Waals surface area contributed by atoms with E-state index in [1.807, 2.05) is 48.5 Å². The minimum absolute atomic E-state index is 0.00676. The molecule has 1 atom stereocenters. The molecule has 0 aliphatic rings. The van der Waals surface area contributed by atoms with Crippen LogP contribution in [-0.4, -0.2) is 24.7 Å². The predicted molar refractivity (Wildman–Crippen MR) is 96.3 cm³/mol. The van der Waals surface area contributed by atoms with Gasteiger partial charge in [-0.1, -0.05) is 37.3 Å². The van der Waals surface area contributed by atoms with Gasteiger partial charge in [0.15, 0.2) is 0 Å². The number of carbonyl (C=O) groups excluding carboxylic acids is 1. The molecule has 0 spiro atoms. The van der Waals surface area contributed by atoms with Gasteiger partial charge in [0.1, 0.15) is 5.75 Å². The van der Waals surface area contributed by atoms with Gasteiger partial charge in [-0.25, -0.2) is 0 Å². The largest absolute Gasteiger partial charge is 0.496 e. The molecular weight excluding hydrogens is 302 g/mol. The van der Waals surface area contributed by atoms with E-state index in [1.54, 1.807) is 7.11 Å². The van der Waals surface area contributed by atoms with Crippen molar-refractivity contribution >= 4 is 11.6 Å². The number of nitrogens with one attached hydrogen (secondary N) is 1. The number of benzene rings is 2. The van der Waals surface area contributed by atoms with E-state index < -0.39 is 0 Å². The number of para-hydroxylation sites is 1. The Morgan fingerprint density at radius 1 is 1.17 bits per heavy atom. The molecule has 0 aliphatic carbocycles. The molecule has 0 aromatic heterocycles. The fourth-order valence-electron chi connectivity index (χ4n) is 2.73. The molecule has 0 bridgehead atoms. The first-order valence-corrected chi connectivity index (χ1v) is 8.24. The summed E-state index contributed by atoms with van der Waals surface area (Å²) < 4.78 is 5.36. The minimum atomic E-state index is 0.00676. The van der Waals surface area contributed by atoms with Crippen LogP contribution in [0.1, 0.15) is 24.5 Å². The number of hydrogen-bond acceptors (Lipinski definition) is 3. The molecule has 4 nitrogen and oxygen atoms in total. The van der Waals surface area contributed by atoms with Crippen molar-refractivity contribution in [3.05, 3.63) is 59.7 Å². The maximum atomic E-state index is 12.2. The third-order valence-corrected chi connectivity index (χ3v) is 3.93. The second-order valence-corrected chi connectivity index (χ2v) is 6.04. The Morgan fingerprint density at radius 2 is 1.88 bits per heavy atom. The van der Waals surface area contributed by atoms with E-state index in [2.05, 4.69) is 12.2 Å². The van der Waals surface area contributed by atoms with Crippen LogP contribution in [0, 0.1) is 5.92 Å². The van der Waals surface area contributed by atoms with Crippen molar-refractivity contribution in [2.24, 2.45) is 5.92 Å². The number of hydrogen-bond donors (Lipinski definition) is 2. The minimum Gasteiger partial charge on any atom is -0.496 e. The van der Waals surface area contributed by atoms with Crippen LogP contribution in [0.5, 0.6) is 5.75 Å². The summed E-state index contributed by atoms with van der Waals surface area (Å²) in [5, 5.41) is 11.8. The van der Waals surface area contributed by atoms with E-state index >= 15 is 0 Å². The lowest BCUT2D eigenvalue weighted by Gasteiger charge is -2.14. The summed E-state index contributed by atoms with van der Waals surface area (Å²) in [4.78, 5) is 12.2. The number of amides is 1. The molecule has 0 saturated heterocycles. The van der Waals surface area contributed by atoms with E-state index in [-0.39, 0.29) is 18.4 Å². The zero-order valence-electron chi connectivity index (χ0n) is 14.3. The van der Waals surface area contributed by atoms with Gasteiger partial charge >= 0.3 is 0 Å². The van der Waals surface area contributed by atoms with Crippen LogP contribution in [0.2, 0.25) is 0 Å². The highest BCUT2D eigenvalue weighted by Gasteiger charge is 2.12. The van der Waals surface area contributed by atoms with E-state index in [9.17, 15) is 4.79 Å². The number of aliphatic hydroxyl groups is 1. The average Bonchev–Trinajstić information content (AvgIpc) is 2.57. The van der Waals surface area contributed by atoms with Gasteiger partial charge in [0.25, 0.3) is 0 Å². The molecule has 0 heterocycles. The van der Waals surface area contributed by atoms with Gasteiger partial charge in [-0.15, -0.1) is 0 Å². The highest BCUT2D eigenvalue weighted by molar-refractivity contribution is 5.90. The van der Waals surface area contributed by atoms with Gasteiger partial charge in [-0.2, -0.15) is 0 Å². The van der Waals surface area contributed by atoms with Crippen LogP contribution < -0.4 is 10.1 Å². The SMILES string of the molecule is COc1ccccc1CC(C)CC(=O)Nc1ccc(CCO)cc1. The quantitative estimate of drug-likeness (QED) is 0.781. The number of methoxy groups -OCH3 is 1. The summed E-state index contributed by atoms with van der Waals surface area (Å²) in [7, 11) is 1.66. The topological polar surface area (TPSA) is 58.6 Å². The van der Waals surface area contributed by atoms with Crippen LogP contribution in [0.25, 0.3) is 0 Å². The number of carbonyl (C=O) groups is 1. The lowest BCUT2D eigenvalue weighted by atomic mass is 9.97. The molecule has 2 aromatic carbocycles. The monoisotopic (exact) mass is 327 g/mol. The highest BCUT2D eigenvalue weighted by Crippen LogP contribution is 2.22. The van der Waals surface area contributed by atoms with Crippen LogP contribution in [0.4, 0.5) is 5.69 Å². The van der Waals surface area contributed by atoms with E-state index in [1.165, 1.54) is 0 Å². The van der Waals surface area contributed by atoms with Crippen LogP contribution >= 0.6 is 0 Å². The molecule has 2 aromatic rings. The first-order chi connectivity index (χ1) is 11.6. The van der Waals surface area contributed by atoms with E-state index in [4.69, 9.17) is 9.84 Å². The fraction of sp³-hybridized carbons (Fsp3) is 0.350. The number of aliphatic hydroxyl groups excluding tert-OH is 1. The van der Waals surface area contributed by atoms with Gasteiger partial charge in [-0.05, 0) is 48.1 Å². The summed E-state index contributed by atoms with van der Waals surface area (Å²) in [5.41, 5.74) is 2.96. The van der Waals surface area contributed by atoms with Crippen LogP contribution in [-0.2, 0) is 17.6 Å². The van der Waals surface area contributed by atoms with Gasteiger partial charge in [0.2, 0.25) is 5.91 Å². The fourth-order valence-corrected chi connectivity index (χ4v) is 2.73. The second-order valence-electron chi connectivity index (χ2n) is 6.04. The van der Waals surface area contributed by atoms with Crippen molar-refractivity contribution in [3.8, 4) is 5.75 Å². The Hall–Kier alpha value is -2.33. The molecule has 1 unspecified atom stereocenters. The van der Waals surface area contributed by atoms with Crippen molar-refractivity contribution in [1.82, 2.24) is 0 Å². The molecule has 128 valence electrons. The second kappa shape index (κ2) is 9.08. The summed E-state index contributed by atoms with van der Waals surface area (Å²) in [6.07, 6.45) is 1.88. The maximum Gasteiger partial charge on any atom is 0.224 e. The van der Waals surface area contributed by atoms with Crippen molar-refractivity contribution in [3.63, 3.8) is 0 Å². The Morgan fingerprint density at radius 3 is 2.54 bits per heavy atom. The van der Waals surface area contributed by atoms with Gasteiger partial charge in [0.05, 0.1) is 7.11 Å². The first kappa shape index (κ1) is 18.0. The van der Waals surface area contributed by atoms with Crippen LogP contribution in [0.15, 0.2) is 48.5 Å². The number of rotatable bonds is 8. The molecular formula is C20H25NO3. The Labute approximate surface area is 143 Å². The molecule has 2 N–H and O–H groups in total. The number of anilines is 1. The molecule has 24 heavy (non-hydrogen) atoms. The lowest BCUT2D eigenvalue weighted by molar-refractivity contribution is -0.116. The molecule has 0 radical (unpaired) electrons. The summed E-state index contributed by atoms with van der Waals surface area (Å²) in [6.45, 7) is 2.20. The van der Waals surface area contributed by atoms with Crippen molar-refractivity contribution in [1.29, 1.82) is 0 Å². The zero-order valence-corrected chi connectivity index (χ0v) is 14.3. The highest BCUT2D eigenvalue weighted by atomic mass is 16.5. The normalized spacial score (nSPS) is 11.8. The standard InChI is InChI=1S/C20H25NO3/c1-15(13-17-5-3-4-6-19(17)24-2)14-20(23)21-18-9-7-16(8-10-18)11-12-22/h3-10,15,22H,11-14H2,1-2H3,(H,21,23). The van der Waals surface area contributed by atoms with Crippen molar-refractivity contribution in [2.75, 3.05) is 19.0 Å². The van der Waals surface area contributed by atoms with Gasteiger partial charge < -0.3 is 15.2 Å². The smallest absolute Gasteiger partial charge is 0.224 e. The van der Waals surface area contributed by atoms with Crippen LogP contribution in [0.3, 0.4) is 0 Å². The Balaban J connectivity index is 1.87. The van der Waals surface area contributed by atoms with Gasteiger partial charge in [-0.3, -0.25) is 4.79 Å². The Kier molecular flexibility index (Phi) is 6.82. The molecule has 0 aliphatic heterocycles.